The van der Waals surface area contributed by atoms with Crippen LogP contribution in [0.2, 0.25) is 0 Å². The molecular weight excluding hydrogens is 228 g/mol. The van der Waals surface area contributed by atoms with E-state index in [0.29, 0.717) is 5.92 Å². The summed E-state index contributed by atoms with van der Waals surface area (Å²) >= 11 is 3.47. The average Bonchev–Trinajstić information content (AvgIpc) is 2.18. The summed E-state index contributed by atoms with van der Waals surface area (Å²) in [7, 11) is 0. The van der Waals surface area contributed by atoms with E-state index >= 15 is 0 Å². The van der Waals surface area contributed by atoms with Crippen LogP contribution in [0.4, 0.5) is 0 Å². The molecule has 0 bridgehead atoms. The summed E-state index contributed by atoms with van der Waals surface area (Å²) in [6.45, 7) is 0.878. The lowest BCUT2D eigenvalue weighted by molar-refractivity contribution is 0.219. The Morgan fingerprint density at radius 2 is 2.23 bits per heavy atom. The van der Waals surface area contributed by atoms with Gasteiger partial charge in [-0.25, -0.2) is 0 Å². The number of benzene rings is 1. The third kappa shape index (κ3) is 2.05. The van der Waals surface area contributed by atoms with E-state index in [-0.39, 0.29) is 0 Å². The fraction of sp³-hybridized carbons (Fsp3) is 0.455. The molecule has 0 amide bonds. The SMILES string of the molecule is BrCCC1COc2ccccc2C1. The van der Waals surface area contributed by atoms with E-state index in [1.165, 1.54) is 18.4 Å². The summed E-state index contributed by atoms with van der Waals surface area (Å²) in [6.07, 6.45) is 2.37. The molecule has 0 aliphatic carbocycles. The maximum absolute atomic E-state index is 5.67. The Hall–Kier alpha value is -0.500. The van der Waals surface area contributed by atoms with Crippen molar-refractivity contribution in [1.29, 1.82) is 0 Å². The molecule has 0 N–H and O–H groups in total. The van der Waals surface area contributed by atoms with Crippen molar-refractivity contribution in [2.45, 2.75) is 12.8 Å². The standard InChI is InChI=1S/C11H13BrO/c12-6-5-9-7-10-3-1-2-4-11(10)13-8-9/h1-4,9H,5-8H2. The van der Waals surface area contributed by atoms with Crippen LogP contribution in [0.5, 0.6) is 5.75 Å². The van der Waals surface area contributed by atoms with Crippen LogP contribution in [0.1, 0.15) is 12.0 Å². The largest absolute Gasteiger partial charge is 0.493 e. The van der Waals surface area contributed by atoms with Gasteiger partial charge in [0.1, 0.15) is 5.75 Å². The van der Waals surface area contributed by atoms with Crippen LogP contribution in [0, 0.1) is 5.92 Å². The van der Waals surface area contributed by atoms with Gasteiger partial charge in [0.15, 0.2) is 0 Å². The highest BCUT2D eigenvalue weighted by Gasteiger charge is 2.18. The molecule has 1 aromatic rings. The second-order valence-corrected chi connectivity index (χ2v) is 4.26. The van der Waals surface area contributed by atoms with Crippen LogP contribution in [0.25, 0.3) is 0 Å². The molecule has 0 radical (unpaired) electrons. The molecule has 0 spiro atoms. The van der Waals surface area contributed by atoms with Gasteiger partial charge in [-0.05, 0) is 30.4 Å². The Labute approximate surface area is 87.2 Å². The molecule has 1 aromatic carbocycles. The first-order valence-corrected chi connectivity index (χ1v) is 5.79. The molecule has 0 saturated heterocycles. The Balaban J connectivity index is 2.11. The van der Waals surface area contributed by atoms with Gasteiger partial charge in [-0.15, -0.1) is 0 Å². The molecule has 0 fully saturated rings. The molecule has 1 aliphatic heterocycles. The van der Waals surface area contributed by atoms with Crippen molar-refractivity contribution < 1.29 is 4.74 Å². The van der Waals surface area contributed by atoms with Gasteiger partial charge in [-0.3, -0.25) is 0 Å². The summed E-state index contributed by atoms with van der Waals surface area (Å²) < 4.78 is 5.67. The van der Waals surface area contributed by atoms with Crippen molar-refractivity contribution in [3.8, 4) is 5.75 Å². The molecular formula is C11H13BrO. The maximum atomic E-state index is 5.67. The van der Waals surface area contributed by atoms with Crippen molar-refractivity contribution >= 4 is 15.9 Å². The van der Waals surface area contributed by atoms with Crippen molar-refractivity contribution in [3.05, 3.63) is 29.8 Å². The zero-order valence-electron chi connectivity index (χ0n) is 7.50. The van der Waals surface area contributed by atoms with Crippen molar-refractivity contribution in [2.75, 3.05) is 11.9 Å². The first-order valence-electron chi connectivity index (χ1n) is 4.67. The van der Waals surface area contributed by atoms with Gasteiger partial charge in [0.25, 0.3) is 0 Å². The minimum Gasteiger partial charge on any atom is -0.493 e. The quantitative estimate of drug-likeness (QED) is 0.723. The Bertz CT molecular complexity index is 285. The van der Waals surface area contributed by atoms with E-state index in [0.717, 1.165) is 17.7 Å². The normalized spacial score (nSPS) is 20.5. The highest BCUT2D eigenvalue weighted by Crippen LogP contribution is 2.28. The van der Waals surface area contributed by atoms with Crippen LogP contribution in [0.15, 0.2) is 24.3 Å². The molecule has 1 unspecified atom stereocenters. The number of fused-ring (bicyclic) bond motifs is 1. The molecule has 0 saturated carbocycles. The third-order valence-electron chi connectivity index (χ3n) is 2.47. The molecule has 1 atom stereocenters. The molecule has 70 valence electrons. The van der Waals surface area contributed by atoms with Gasteiger partial charge in [0.05, 0.1) is 6.61 Å². The second-order valence-electron chi connectivity index (χ2n) is 3.47. The van der Waals surface area contributed by atoms with Gasteiger partial charge in [0.2, 0.25) is 0 Å². The summed E-state index contributed by atoms with van der Waals surface area (Å²) in [6, 6.07) is 8.33. The summed E-state index contributed by atoms with van der Waals surface area (Å²) in [5.41, 5.74) is 1.36. The summed E-state index contributed by atoms with van der Waals surface area (Å²) in [4.78, 5) is 0. The number of hydrogen-bond donors (Lipinski definition) is 0. The monoisotopic (exact) mass is 240 g/mol. The van der Waals surface area contributed by atoms with E-state index in [1.807, 2.05) is 6.07 Å². The Kier molecular flexibility index (Phi) is 2.89. The first-order chi connectivity index (χ1) is 6.40. The van der Waals surface area contributed by atoms with E-state index in [4.69, 9.17) is 4.74 Å². The topological polar surface area (TPSA) is 9.23 Å². The predicted octanol–water partition coefficient (Wildman–Crippen LogP) is 3.02. The zero-order chi connectivity index (χ0) is 9.10. The van der Waals surface area contributed by atoms with Crippen LogP contribution in [-0.4, -0.2) is 11.9 Å². The lowest BCUT2D eigenvalue weighted by Crippen LogP contribution is -2.20. The number of rotatable bonds is 2. The van der Waals surface area contributed by atoms with Gasteiger partial charge in [0, 0.05) is 5.33 Å². The van der Waals surface area contributed by atoms with Crippen molar-refractivity contribution in [1.82, 2.24) is 0 Å². The predicted molar refractivity (Wildman–Crippen MR) is 57.5 cm³/mol. The van der Waals surface area contributed by atoms with Crippen molar-refractivity contribution in [2.24, 2.45) is 5.92 Å². The van der Waals surface area contributed by atoms with E-state index in [9.17, 15) is 0 Å². The third-order valence-corrected chi connectivity index (χ3v) is 2.93. The van der Waals surface area contributed by atoms with E-state index in [1.54, 1.807) is 0 Å². The average molecular weight is 241 g/mol. The lowest BCUT2D eigenvalue weighted by Gasteiger charge is -2.24. The van der Waals surface area contributed by atoms with Gasteiger partial charge >= 0.3 is 0 Å². The summed E-state index contributed by atoms with van der Waals surface area (Å²) in [5.74, 6) is 1.77. The number of halogens is 1. The lowest BCUT2D eigenvalue weighted by atomic mass is 9.95. The first kappa shape index (κ1) is 9.07. The van der Waals surface area contributed by atoms with Crippen LogP contribution >= 0.6 is 15.9 Å². The van der Waals surface area contributed by atoms with E-state index < -0.39 is 0 Å². The number of ether oxygens (including phenoxy) is 1. The molecule has 1 nitrogen and oxygen atoms in total. The summed E-state index contributed by atoms with van der Waals surface area (Å²) in [5, 5.41) is 1.07. The minimum absolute atomic E-state index is 0.689. The number of para-hydroxylation sites is 1. The minimum atomic E-state index is 0.689. The van der Waals surface area contributed by atoms with Crippen molar-refractivity contribution in [3.63, 3.8) is 0 Å². The number of alkyl halides is 1. The Morgan fingerprint density at radius 3 is 3.08 bits per heavy atom. The van der Waals surface area contributed by atoms with Gasteiger partial charge < -0.3 is 4.74 Å². The second kappa shape index (κ2) is 4.14. The Morgan fingerprint density at radius 1 is 1.38 bits per heavy atom. The fourth-order valence-corrected chi connectivity index (χ4v) is 2.38. The molecule has 1 aliphatic rings. The highest BCUT2D eigenvalue weighted by molar-refractivity contribution is 9.09. The highest BCUT2D eigenvalue weighted by atomic mass is 79.9. The van der Waals surface area contributed by atoms with Crippen LogP contribution < -0.4 is 4.74 Å². The van der Waals surface area contributed by atoms with Crippen LogP contribution in [-0.2, 0) is 6.42 Å². The molecule has 1 heterocycles. The van der Waals surface area contributed by atoms with Crippen LogP contribution in [0.3, 0.4) is 0 Å². The number of hydrogen-bond acceptors (Lipinski definition) is 1. The molecule has 0 aromatic heterocycles. The maximum Gasteiger partial charge on any atom is 0.122 e. The zero-order valence-corrected chi connectivity index (χ0v) is 9.09. The van der Waals surface area contributed by atoms with Gasteiger partial charge in [-0.2, -0.15) is 0 Å². The van der Waals surface area contributed by atoms with E-state index in [2.05, 4.69) is 34.1 Å². The molecule has 13 heavy (non-hydrogen) atoms. The molecule has 2 rings (SSSR count). The van der Waals surface area contributed by atoms with Gasteiger partial charge in [-0.1, -0.05) is 34.1 Å². The molecule has 2 heteroatoms. The fourth-order valence-electron chi connectivity index (χ4n) is 1.73. The smallest absolute Gasteiger partial charge is 0.122 e.